The number of aromatic hydroxyl groups is 1. The number of hydrogen-bond acceptors (Lipinski definition) is 4. The van der Waals surface area contributed by atoms with E-state index in [0.717, 1.165) is 11.1 Å². The van der Waals surface area contributed by atoms with Gasteiger partial charge < -0.3 is 19.9 Å². The Balaban J connectivity index is 1.70. The highest BCUT2D eigenvalue weighted by molar-refractivity contribution is 6.30. The molecule has 5 heteroatoms. The zero-order chi connectivity index (χ0) is 14.8. The fraction of sp³-hybridized carbons (Fsp3) is 0.250. The summed E-state index contributed by atoms with van der Waals surface area (Å²) in [5.74, 6) is 1.45. The maximum Gasteiger partial charge on any atom is 0.231 e. The van der Waals surface area contributed by atoms with Gasteiger partial charge in [-0.25, -0.2) is 0 Å². The molecule has 0 amide bonds. The molecular weight excluding hydrogens is 290 g/mol. The van der Waals surface area contributed by atoms with Crippen molar-refractivity contribution in [2.75, 3.05) is 6.79 Å². The number of hydrogen-bond donors (Lipinski definition) is 2. The van der Waals surface area contributed by atoms with Gasteiger partial charge in [-0.2, -0.15) is 0 Å². The van der Waals surface area contributed by atoms with Crippen LogP contribution >= 0.6 is 11.6 Å². The van der Waals surface area contributed by atoms with E-state index in [1.54, 1.807) is 12.1 Å². The number of fused-ring (bicyclic) bond motifs is 1. The van der Waals surface area contributed by atoms with Crippen molar-refractivity contribution in [3.05, 3.63) is 52.5 Å². The van der Waals surface area contributed by atoms with Gasteiger partial charge in [-0.15, -0.1) is 0 Å². The molecule has 1 heterocycles. The SMILES string of the molecule is C[C@@H](NCc1cc2c(cc1O)OCO2)c1cccc(Cl)c1. The van der Waals surface area contributed by atoms with E-state index < -0.39 is 0 Å². The van der Waals surface area contributed by atoms with Gasteiger partial charge in [-0.1, -0.05) is 23.7 Å². The van der Waals surface area contributed by atoms with E-state index in [1.165, 1.54) is 0 Å². The highest BCUT2D eigenvalue weighted by Gasteiger charge is 2.17. The maximum atomic E-state index is 10.0. The predicted octanol–water partition coefficient (Wildman–Crippen LogP) is 3.63. The molecule has 0 saturated heterocycles. The molecular formula is C16H16ClNO3. The van der Waals surface area contributed by atoms with E-state index in [4.69, 9.17) is 21.1 Å². The summed E-state index contributed by atoms with van der Waals surface area (Å²) in [6.45, 7) is 2.77. The van der Waals surface area contributed by atoms with Crippen LogP contribution in [0.1, 0.15) is 24.1 Å². The average Bonchev–Trinajstić information content (AvgIpc) is 2.91. The van der Waals surface area contributed by atoms with Gasteiger partial charge in [-0.05, 0) is 30.7 Å². The van der Waals surface area contributed by atoms with E-state index in [9.17, 15) is 5.11 Å². The first kappa shape index (κ1) is 14.0. The average molecular weight is 306 g/mol. The van der Waals surface area contributed by atoms with Gasteiger partial charge in [0.05, 0.1) is 0 Å². The molecule has 0 unspecified atom stereocenters. The fourth-order valence-electron chi connectivity index (χ4n) is 2.27. The molecule has 0 fully saturated rings. The summed E-state index contributed by atoms with van der Waals surface area (Å²) in [5.41, 5.74) is 1.87. The van der Waals surface area contributed by atoms with Gasteiger partial charge in [0.15, 0.2) is 11.5 Å². The van der Waals surface area contributed by atoms with Crippen LogP contribution in [0.4, 0.5) is 0 Å². The number of rotatable bonds is 4. The molecule has 1 aliphatic heterocycles. The van der Waals surface area contributed by atoms with E-state index >= 15 is 0 Å². The summed E-state index contributed by atoms with van der Waals surface area (Å²) < 4.78 is 10.5. The Bertz CT molecular complexity index is 660. The third kappa shape index (κ3) is 3.06. The molecule has 110 valence electrons. The summed E-state index contributed by atoms with van der Waals surface area (Å²) in [5, 5.41) is 14.1. The smallest absolute Gasteiger partial charge is 0.231 e. The number of nitrogens with one attached hydrogen (secondary N) is 1. The summed E-state index contributed by atoms with van der Waals surface area (Å²) in [4.78, 5) is 0. The molecule has 0 saturated carbocycles. The van der Waals surface area contributed by atoms with Crippen LogP contribution in [-0.4, -0.2) is 11.9 Å². The van der Waals surface area contributed by atoms with E-state index in [1.807, 2.05) is 24.3 Å². The molecule has 0 aromatic heterocycles. The van der Waals surface area contributed by atoms with Crippen LogP contribution in [0.2, 0.25) is 5.02 Å². The van der Waals surface area contributed by atoms with Crippen LogP contribution in [0.15, 0.2) is 36.4 Å². The second-order valence-electron chi connectivity index (χ2n) is 4.99. The van der Waals surface area contributed by atoms with Crippen molar-refractivity contribution in [1.82, 2.24) is 5.32 Å². The number of halogens is 1. The largest absolute Gasteiger partial charge is 0.507 e. The van der Waals surface area contributed by atoms with Crippen LogP contribution < -0.4 is 14.8 Å². The van der Waals surface area contributed by atoms with Crippen LogP contribution in [0.25, 0.3) is 0 Å². The van der Waals surface area contributed by atoms with Crippen LogP contribution in [0.5, 0.6) is 17.2 Å². The monoisotopic (exact) mass is 305 g/mol. The first-order valence-electron chi connectivity index (χ1n) is 6.74. The second kappa shape index (κ2) is 5.84. The molecule has 2 aromatic rings. The van der Waals surface area contributed by atoms with Crippen molar-refractivity contribution >= 4 is 11.6 Å². The van der Waals surface area contributed by atoms with Gasteiger partial charge in [0.1, 0.15) is 5.75 Å². The minimum Gasteiger partial charge on any atom is -0.507 e. The van der Waals surface area contributed by atoms with Crippen molar-refractivity contribution in [2.45, 2.75) is 19.5 Å². The van der Waals surface area contributed by atoms with Gasteiger partial charge in [-0.3, -0.25) is 0 Å². The second-order valence-corrected chi connectivity index (χ2v) is 5.43. The molecule has 1 aliphatic rings. The van der Waals surface area contributed by atoms with Crippen LogP contribution in [0.3, 0.4) is 0 Å². The lowest BCUT2D eigenvalue weighted by Gasteiger charge is -2.15. The normalized spacial score (nSPS) is 14.2. The number of phenolic OH excluding ortho intramolecular Hbond substituents is 1. The van der Waals surface area contributed by atoms with Gasteiger partial charge in [0.2, 0.25) is 6.79 Å². The lowest BCUT2D eigenvalue weighted by molar-refractivity contribution is 0.174. The Labute approximate surface area is 128 Å². The third-order valence-electron chi connectivity index (χ3n) is 3.52. The zero-order valence-corrected chi connectivity index (χ0v) is 12.4. The molecule has 2 N–H and O–H groups in total. The van der Waals surface area contributed by atoms with E-state index in [-0.39, 0.29) is 18.6 Å². The fourth-order valence-corrected chi connectivity index (χ4v) is 2.47. The molecule has 21 heavy (non-hydrogen) atoms. The van der Waals surface area contributed by atoms with Crippen molar-refractivity contribution in [3.63, 3.8) is 0 Å². The van der Waals surface area contributed by atoms with Gasteiger partial charge in [0, 0.05) is 29.2 Å². The number of phenols is 1. The Morgan fingerprint density at radius 1 is 1.24 bits per heavy atom. The Hall–Kier alpha value is -1.91. The summed E-state index contributed by atoms with van der Waals surface area (Å²) in [7, 11) is 0. The van der Waals surface area contributed by atoms with Crippen LogP contribution in [0, 0.1) is 0 Å². The molecule has 0 aliphatic carbocycles. The van der Waals surface area contributed by atoms with Crippen molar-refractivity contribution in [2.24, 2.45) is 0 Å². The van der Waals surface area contributed by atoms with Gasteiger partial charge in [0.25, 0.3) is 0 Å². The minimum absolute atomic E-state index is 0.119. The van der Waals surface area contributed by atoms with Crippen molar-refractivity contribution in [3.8, 4) is 17.2 Å². The maximum absolute atomic E-state index is 10.0. The first-order valence-corrected chi connectivity index (χ1v) is 7.11. The molecule has 3 rings (SSSR count). The van der Waals surface area contributed by atoms with Crippen LogP contribution in [-0.2, 0) is 6.54 Å². The summed E-state index contributed by atoms with van der Waals surface area (Å²) in [6, 6.07) is 11.2. The highest BCUT2D eigenvalue weighted by atomic mass is 35.5. The van der Waals surface area contributed by atoms with E-state index in [2.05, 4.69) is 12.2 Å². The standard InChI is InChI=1S/C16H16ClNO3/c1-10(11-3-2-4-13(17)5-11)18-8-12-6-15-16(7-14(12)19)21-9-20-15/h2-7,10,18-19H,8-9H2,1H3/t10-/m1/s1. The predicted molar refractivity (Wildman–Crippen MR) is 80.9 cm³/mol. The molecule has 0 spiro atoms. The lowest BCUT2D eigenvalue weighted by atomic mass is 10.1. The molecule has 4 nitrogen and oxygen atoms in total. The molecule has 2 aromatic carbocycles. The van der Waals surface area contributed by atoms with Crippen molar-refractivity contribution < 1.29 is 14.6 Å². The van der Waals surface area contributed by atoms with E-state index in [0.29, 0.717) is 23.1 Å². The number of ether oxygens (including phenoxy) is 2. The quantitative estimate of drug-likeness (QED) is 0.906. The molecule has 1 atom stereocenters. The first-order chi connectivity index (χ1) is 10.1. The topological polar surface area (TPSA) is 50.7 Å². The minimum atomic E-state index is 0.119. The Morgan fingerprint density at radius 3 is 2.76 bits per heavy atom. The molecule has 0 bridgehead atoms. The highest BCUT2D eigenvalue weighted by Crippen LogP contribution is 2.37. The zero-order valence-electron chi connectivity index (χ0n) is 11.6. The Kier molecular flexibility index (Phi) is 3.90. The summed E-state index contributed by atoms with van der Waals surface area (Å²) in [6.07, 6.45) is 0. The van der Waals surface area contributed by atoms with Crippen molar-refractivity contribution in [1.29, 1.82) is 0 Å². The molecule has 0 radical (unpaired) electrons. The third-order valence-corrected chi connectivity index (χ3v) is 3.76. The number of benzene rings is 2. The summed E-state index contributed by atoms with van der Waals surface area (Å²) >= 11 is 6.00. The Morgan fingerprint density at radius 2 is 2.00 bits per heavy atom. The van der Waals surface area contributed by atoms with Gasteiger partial charge >= 0.3 is 0 Å². The lowest BCUT2D eigenvalue weighted by Crippen LogP contribution is -2.18.